The van der Waals surface area contributed by atoms with Crippen molar-refractivity contribution >= 4 is 29.4 Å². The predicted octanol–water partition coefficient (Wildman–Crippen LogP) is 1.01. The topological polar surface area (TPSA) is 107 Å². The molecule has 0 aromatic heterocycles. The molecular weight excluding hydrogens is 685 g/mol. The number of hydrogen-bond donors (Lipinski definition) is 1. The van der Waals surface area contributed by atoms with E-state index < -0.39 is 36.4 Å². The first-order chi connectivity index (χ1) is 21.4. The molecular formula is C35H47IN3O6-. The molecule has 3 aliphatic heterocycles. The van der Waals surface area contributed by atoms with Crippen molar-refractivity contribution in [1.29, 1.82) is 0 Å². The van der Waals surface area contributed by atoms with Gasteiger partial charge in [0, 0.05) is 19.3 Å². The van der Waals surface area contributed by atoms with E-state index in [0.717, 1.165) is 46.3 Å². The molecule has 246 valence electrons. The Bertz CT molecular complexity index is 1420. The fourth-order valence-corrected chi connectivity index (χ4v) is 10.1. The molecule has 0 spiro atoms. The summed E-state index contributed by atoms with van der Waals surface area (Å²) >= 11 is -1.80. The Hall–Kier alpha value is -2.99. The molecule has 0 aliphatic carbocycles. The van der Waals surface area contributed by atoms with Crippen molar-refractivity contribution in [2.45, 2.75) is 61.8 Å². The summed E-state index contributed by atoms with van der Waals surface area (Å²) in [5.74, 6) is -1.73. The van der Waals surface area contributed by atoms with Gasteiger partial charge in [-0.3, -0.25) is 9.59 Å². The van der Waals surface area contributed by atoms with Crippen LogP contribution in [0.2, 0.25) is 0 Å². The molecule has 3 heterocycles. The number of carboxylic acids is 1. The first kappa shape index (κ1) is 33.4. The Morgan fingerprint density at radius 2 is 1.80 bits per heavy atom. The van der Waals surface area contributed by atoms with E-state index in [9.17, 15) is 24.3 Å². The number of fused-ring (bicyclic) bond motifs is 1. The molecule has 9 nitrogen and oxygen atoms in total. The number of likely N-dealkylation sites (tertiary alicyclic amines) is 2. The van der Waals surface area contributed by atoms with Crippen molar-refractivity contribution in [2.75, 3.05) is 52.5 Å². The molecule has 3 amide bonds. The van der Waals surface area contributed by atoms with Gasteiger partial charge in [-0.05, 0) is 11.6 Å². The third-order valence-electron chi connectivity index (χ3n) is 9.13. The number of alkyl halides is 4. The molecule has 0 radical (unpaired) electrons. The number of carboxylic acid groups (broad SMARTS) is 1. The van der Waals surface area contributed by atoms with Gasteiger partial charge in [0.15, 0.2) is 0 Å². The average Bonchev–Trinajstić information content (AvgIpc) is 3.68. The van der Waals surface area contributed by atoms with E-state index >= 15 is 0 Å². The molecule has 10 heteroatoms. The van der Waals surface area contributed by atoms with E-state index in [0.29, 0.717) is 26.1 Å². The molecule has 2 saturated heterocycles. The maximum atomic E-state index is 14.2. The third-order valence-corrected chi connectivity index (χ3v) is 12.3. The number of halogens is 1. The van der Waals surface area contributed by atoms with E-state index in [1.54, 1.807) is 0 Å². The third kappa shape index (κ3) is 7.88. The van der Waals surface area contributed by atoms with Gasteiger partial charge in [-0.25, -0.2) is 0 Å². The predicted molar refractivity (Wildman–Crippen MR) is 171 cm³/mol. The molecule has 0 bridgehead atoms. The maximum absolute atomic E-state index is 14.2. The van der Waals surface area contributed by atoms with Crippen LogP contribution >= 0.6 is 0 Å². The average molecular weight is 733 g/mol. The number of carbonyl (C=O) groups is 4. The van der Waals surface area contributed by atoms with E-state index in [-0.39, 0.29) is 49.6 Å². The van der Waals surface area contributed by atoms with Crippen LogP contribution in [0.4, 0.5) is 5.69 Å². The van der Waals surface area contributed by atoms with Crippen LogP contribution in [0, 0.1) is 5.92 Å². The number of anilines is 1. The van der Waals surface area contributed by atoms with Gasteiger partial charge in [0.2, 0.25) is 11.8 Å². The number of rotatable bonds is 13. The van der Waals surface area contributed by atoms with Crippen molar-refractivity contribution in [1.82, 2.24) is 9.80 Å². The monoisotopic (exact) mass is 732 g/mol. The fraction of sp³-hybridized carbons (Fsp3) is 0.543. The van der Waals surface area contributed by atoms with E-state index in [2.05, 4.69) is 39.9 Å². The summed E-state index contributed by atoms with van der Waals surface area (Å²) in [5, 5.41) is 10.6. The van der Waals surface area contributed by atoms with E-state index in [1.165, 1.54) is 10.5 Å². The summed E-state index contributed by atoms with van der Waals surface area (Å²) in [4.78, 5) is 64.2. The second-order valence-electron chi connectivity index (χ2n) is 13.3. The summed E-state index contributed by atoms with van der Waals surface area (Å²) in [6, 6.07) is 13.7. The summed E-state index contributed by atoms with van der Waals surface area (Å²) in [6.45, 7) is 3.91. The van der Waals surface area contributed by atoms with Crippen LogP contribution in [-0.4, -0.2) is 92.2 Å². The van der Waals surface area contributed by atoms with Crippen LogP contribution in [0.15, 0.2) is 42.5 Å². The molecule has 2 aromatic carbocycles. The summed E-state index contributed by atoms with van der Waals surface area (Å²) in [7, 11) is 0. The summed E-state index contributed by atoms with van der Waals surface area (Å²) < 4.78 is 6.75. The molecule has 0 unspecified atom stereocenters. The second kappa shape index (κ2) is 14.2. The molecule has 3 aliphatic rings. The van der Waals surface area contributed by atoms with Crippen LogP contribution in [0.1, 0.15) is 61.6 Å². The molecule has 2 fully saturated rings. The van der Waals surface area contributed by atoms with Crippen LogP contribution in [-0.2, 0) is 30.0 Å². The number of amides is 3. The molecule has 45 heavy (non-hydrogen) atoms. The number of aliphatic carboxylic acids is 1. The minimum atomic E-state index is -1.80. The minimum absolute atomic E-state index is 0.0610. The zero-order chi connectivity index (χ0) is 32.3. The van der Waals surface area contributed by atoms with Crippen molar-refractivity contribution < 1.29 is 47.5 Å². The zero-order valence-electron chi connectivity index (χ0n) is 27.0. The van der Waals surface area contributed by atoms with Gasteiger partial charge in [0.25, 0.3) is 0 Å². The SMILES string of the molecule is CCCCN(C(=O)CN1C[C@H](c2ccc3c(c2)CCO3)[C@@H](C(=O)O)[C@@H]1CCN1C(=O)CCC1=O)c1cccc(C[I-](C)(C)C)c1. The number of hydrogen-bond acceptors (Lipinski definition) is 6. The Balaban J connectivity index is 1.44. The quantitative estimate of drug-likeness (QED) is 0.186. The van der Waals surface area contributed by atoms with Gasteiger partial charge in [-0.15, -0.1) is 0 Å². The first-order valence-electron chi connectivity index (χ1n) is 15.9. The van der Waals surface area contributed by atoms with E-state index in [1.807, 2.05) is 34.1 Å². The summed E-state index contributed by atoms with van der Waals surface area (Å²) in [5.41, 5.74) is 4.12. The normalized spacial score (nSPS) is 22.0. The van der Waals surface area contributed by atoms with E-state index in [4.69, 9.17) is 4.74 Å². The molecule has 0 saturated carbocycles. The molecule has 1 N–H and O–H groups in total. The van der Waals surface area contributed by atoms with Crippen molar-refractivity contribution in [3.8, 4) is 5.75 Å². The zero-order valence-corrected chi connectivity index (χ0v) is 29.1. The van der Waals surface area contributed by atoms with Gasteiger partial charge >= 0.3 is 202 Å². The molecule has 3 atom stereocenters. The second-order valence-corrected chi connectivity index (χ2v) is 25.1. The van der Waals surface area contributed by atoms with Crippen molar-refractivity contribution in [3.05, 3.63) is 59.2 Å². The van der Waals surface area contributed by atoms with Crippen LogP contribution in [0.5, 0.6) is 5.75 Å². The van der Waals surface area contributed by atoms with Gasteiger partial charge < -0.3 is 4.74 Å². The summed E-state index contributed by atoms with van der Waals surface area (Å²) in [6.07, 6.45) is 3.26. The van der Waals surface area contributed by atoms with Crippen LogP contribution in [0.3, 0.4) is 0 Å². The van der Waals surface area contributed by atoms with Crippen LogP contribution < -0.4 is 28.1 Å². The Morgan fingerprint density at radius 3 is 2.49 bits per heavy atom. The number of ether oxygens (including phenoxy) is 1. The Labute approximate surface area is 270 Å². The fourth-order valence-electron chi connectivity index (χ4n) is 7.00. The van der Waals surface area contributed by atoms with Gasteiger partial charge in [-0.1, -0.05) is 0 Å². The van der Waals surface area contributed by atoms with Crippen molar-refractivity contribution in [2.24, 2.45) is 5.92 Å². The number of unbranched alkanes of at least 4 members (excludes halogenated alkanes) is 1. The van der Waals surface area contributed by atoms with Gasteiger partial charge in [0.1, 0.15) is 5.75 Å². The Morgan fingerprint density at radius 1 is 1.04 bits per heavy atom. The van der Waals surface area contributed by atoms with Gasteiger partial charge in [0.05, 0.1) is 6.61 Å². The standard InChI is InChI=1S/C35H47IN3O6/c1-5-6-16-38(27-9-7-8-24(19-27)21-36(2,3)4)33(42)23-37-22-28(25-10-11-30-26(20-25)15-18-45-30)34(35(43)44)29(37)14-17-39-31(40)12-13-32(39)41/h7-11,19-20,28-29,34H,5-6,12-18,21-23H2,1-4H3,(H,43,44)/q-1/t28-,29+,34-/m1/s1. The Kier molecular flexibility index (Phi) is 10.5. The molecule has 5 rings (SSSR count). The van der Waals surface area contributed by atoms with Gasteiger partial charge in [-0.2, -0.15) is 0 Å². The van der Waals surface area contributed by atoms with Crippen molar-refractivity contribution in [3.63, 3.8) is 0 Å². The number of carbonyl (C=O) groups excluding carboxylic acids is 3. The number of benzene rings is 2. The first-order valence-corrected chi connectivity index (χ1v) is 23.9. The molecule has 2 aromatic rings. The van der Waals surface area contributed by atoms with Crippen LogP contribution in [0.25, 0.3) is 0 Å². The number of imide groups is 1. The number of nitrogens with zero attached hydrogens (tertiary/aromatic N) is 3.